The lowest BCUT2D eigenvalue weighted by Crippen LogP contribution is -2.31. The summed E-state index contributed by atoms with van der Waals surface area (Å²) in [5.74, 6) is -0.0267. The van der Waals surface area contributed by atoms with E-state index in [-0.39, 0.29) is 29.6 Å². The molecule has 7 nitrogen and oxygen atoms in total. The summed E-state index contributed by atoms with van der Waals surface area (Å²) in [5, 5.41) is 6.67. The molecule has 3 heterocycles. The number of aromatic amines is 1. The summed E-state index contributed by atoms with van der Waals surface area (Å²) in [6.07, 6.45) is 6.61. The van der Waals surface area contributed by atoms with Crippen molar-refractivity contribution in [3.8, 4) is 11.6 Å². The van der Waals surface area contributed by atoms with Crippen molar-refractivity contribution in [1.82, 2.24) is 15.2 Å². The lowest BCUT2D eigenvalue weighted by Gasteiger charge is -2.14. The van der Waals surface area contributed by atoms with Gasteiger partial charge in [-0.15, -0.1) is 5.10 Å². The normalized spacial score (nSPS) is 24.7. The maximum atomic E-state index is 12.4. The lowest BCUT2D eigenvalue weighted by molar-refractivity contribution is -0.122. The highest BCUT2D eigenvalue weighted by atomic mass is 16.3. The average molecular weight is 284 g/mol. The fourth-order valence-electron chi connectivity index (χ4n) is 2.87. The Balaban J connectivity index is 1.68. The van der Waals surface area contributed by atoms with Crippen LogP contribution in [-0.4, -0.2) is 27.0 Å². The number of fused-ring (bicyclic) bond motifs is 1. The third-order valence-corrected chi connectivity index (χ3v) is 3.94. The van der Waals surface area contributed by atoms with Crippen molar-refractivity contribution in [2.75, 3.05) is 4.90 Å². The van der Waals surface area contributed by atoms with Gasteiger partial charge in [0.2, 0.25) is 11.8 Å². The molecule has 1 aliphatic heterocycles. The monoisotopic (exact) mass is 284 g/mol. The molecule has 4 rings (SSSR count). The molecule has 1 saturated heterocycles. The zero-order valence-electron chi connectivity index (χ0n) is 11.0. The number of furan rings is 1. The van der Waals surface area contributed by atoms with Crippen molar-refractivity contribution in [2.24, 2.45) is 11.8 Å². The summed E-state index contributed by atoms with van der Waals surface area (Å²) in [7, 11) is 0. The predicted octanol–water partition coefficient (Wildman–Crippen LogP) is 1.52. The number of nitrogens with one attached hydrogen (secondary N) is 1. The molecule has 0 saturated carbocycles. The van der Waals surface area contributed by atoms with Crippen molar-refractivity contribution < 1.29 is 14.0 Å². The molecule has 2 amide bonds. The molecule has 7 heteroatoms. The van der Waals surface area contributed by atoms with Gasteiger partial charge in [0, 0.05) is 0 Å². The lowest BCUT2D eigenvalue weighted by atomic mass is 9.85. The van der Waals surface area contributed by atoms with Gasteiger partial charge in [0.05, 0.1) is 18.1 Å². The molecular formula is C14H12N4O3. The zero-order valence-corrected chi connectivity index (χ0v) is 11.0. The highest BCUT2D eigenvalue weighted by molar-refractivity contribution is 6.21. The van der Waals surface area contributed by atoms with Crippen LogP contribution in [0.5, 0.6) is 0 Å². The smallest absolute Gasteiger partial charge is 0.258 e. The number of carbonyl (C=O) groups is 2. The van der Waals surface area contributed by atoms with Crippen molar-refractivity contribution in [1.29, 1.82) is 0 Å². The first-order valence-corrected chi connectivity index (χ1v) is 6.75. The minimum atomic E-state index is -0.284. The molecule has 1 N–H and O–H groups in total. The molecule has 0 bridgehead atoms. The van der Waals surface area contributed by atoms with Gasteiger partial charge in [-0.2, -0.15) is 4.98 Å². The molecule has 21 heavy (non-hydrogen) atoms. The Kier molecular flexibility index (Phi) is 2.53. The first kappa shape index (κ1) is 12.1. The number of carbonyl (C=O) groups excluding carboxylic acids is 2. The van der Waals surface area contributed by atoms with Crippen LogP contribution in [0.2, 0.25) is 0 Å². The first-order chi connectivity index (χ1) is 10.3. The van der Waals surface area contributed by atoms with E-state index >= 15 is 0 Å². The molecule has 2 aromatic rings. The standard InChI is InChI=1S/C14H12N4O3/c19-12-8-4-1-2-5-9(8)13(20)18(12)14-15-11(16-17-14)10-6-3-7-21-10/h1-3,6-9H,4-5H2,(H,15,16,17)/t8-,9-/m1/s1. The molecule has 0 radical (unpaired) electrons. The summed E-state index contributed by atoms with van der Waals surface area (Å²) in [5.41, 5.74) is 0. The van der Waals surface area contributed by atoms with Gasteiger partial charge < -0.3 is 4.42 Å². The topological polar surface area (TPSA) is 92.1 Å². The molecule has 0 unspecified atom stereocenters. The number of rotatable bonds is 2. The van der Waals surface area contributed by atoms with Crippen LogP contribution in [0.4, 0.5) is 5.95 Å². The number of aromatic nitrogens is 3. The Bertz CT molecular complexity index is 705. The predicted molar refractivity (Wildman–Crippen MR) is 71.9 cm³/mol. The van der Waals surface area contributed by atoms with Gasteiger partial charge in [-0.3, -0.25) is 14.7 Å². The van der Waals surface area contributed by atoms with E-state index in [0.717, 1.165) is 4.90 Å². The van der Waals surface area contributed by atoms with E-state index in [9.17, 15) is 9.59 Å². The molecule has 2 aromatic heterocycles. The maximum absolute atomic E-state index is 12.4. The largest absolute Gasteiger partial charge is 0.461 e. The van der Waals surface area contributed by atoms with Crippen molar-refractivity contribution in [3.63, 3.8) is 0 Å². The third kappa shape index (κ3) is 1.74. The van der Waals surface area contributed by atoms with Gasteiger partial charge in [-0.25, -0.2) is 4.90 Å². The quantitative estimate of drug-likeness (QED) is 0.666. The number of imide groups is 1. The summed E-state index contributed by atoms with van der Waals surface area (Å²) < 4.78 is 5.21. The number of hydrogen-bond donors (Lipinski definition) is 1. The van der Waals surface area contributed by atoms with E-state index in [0.29, 0.717) is 24.4 Å². The Morgan fingerprint density at radius 1 is 1.19 bits per heavy atom. The molecule has 1 aliphatic carbocycles. The van der Waals surface area contributed by atoms with Gasteiger partial charge in [0.15, 0.2) is 11.6 Å². The molecule has 2 aliphatic rings. The van der Waals surface area contributed by atoms with Gasteiger partial charge in [-0.05, 0) is 25.0 Å². The van der Waals surface area contributed by atoms with Crippen LogP contribution in [0, 0.1) is 11.8 Å². The van der Waals surface area contributed by atoms with E-state index < -0.39 is 0 Å². The second-order valence-corrected chi connectivity index (χ2v) is 5.13. The number of H-pyrrole nitrogens is 1. The number of nitrogens with zero attached hydrogens (tertiary/aromatic N) is 3. The molecule has 0 aromatic carbocycles. The fourth-order valence-corrected chi connectivity index (χ4v) is 2.87. The van der Waals surface area contributed by atoms with E-state index in [1.54, 1.807) is 12.1 Å². The molecule has 0 spiro atoms. The average Bonchev–Trinajstić information content (AvgIpc) is 3.21. The van der Waals surface area contributed by atoms with Crippen molar-refractivity contribution in [2.45, 2.75) is 12.8 Å². The number of amides is 2. The minimum absolute atomic E-state index is 0.0887. The Morgan fingerprint density at radius 3 is 2.52 bits per heavy atom. The van der Waals surface area contributed by atoms with Crippen LogP contribution < -0.4 is 4.90 Å². The minimum Gasteiger partial charge on any atom is -0.461 e. The number of hydrogen-bond acceptors (Lipinski definition) is 5. The van der Waals surface area contributed by atoms with E-state index in [1.165, 1.54) is 6.26 Å². The van der Waals surface area contributed by atoms with Crippen LogP contribution in [0.25, 0.3) is 11.6 Å². The second kappa shape index (κ2) is 4.41. The van der Waals surface area contributed by atoms with Crippen LogP contribution in [0.1, 0.15) is 12.8 Å². The molecule has 1 fully saturated rings. The second-order valence-electron chi connectivity index (χ2n) is 5.13. The first-order valence-electron chi connectivity index (χ1n) is 6.75. The van der Waals surface area contributed by atoms with Crippen LogP contribution >= 0.6 is 0 Å². The van der Waals surface area contributed by atoms with Gasteiger partial charge >= 0.3 is 0 Å². The Morgan fingerprint density at radius 2 is 1.90 bits per heavy atom. The zero-order chi connectivity index (χ0) is 14.4. The van der Waals surface area contributed by atoms with E-state index in [1.807, 2.05) is 12.2 Å². The summed E-state index contributed by atoms with van der Waals surface area (Å²) in [4.78, 5) is 30.1. The molecule has 2 atom stereocenters. The fraction of sp³-hybridized carbons (Fsp3) is 0.286. The summed E-state index contributed by atoms with van der Waals surface area (Å²) in [6.45, 7) is 0. The third-order valence-electron chi connectivity index (χ3n) is 3.94. The van der Waals surface area contributed by atoms with Crippen molar-refractivity contribution >= 4 is 17.8 Å². The highest BCUT2D eigenvalue weighted by Crippen LogP contribution is 2.36. The van der Waals surface area contributed by atoms with Crippen LogP contribution in [0.3, 0.4) is 0 Å². The highest BCUT2D eigenvalue weighted by Gasteiger charge is 2.49. The van der Waals surface area contributed by atoms with Gasteiger partial charge in [-0.1, -0.05) is 12.2 Å². The Labute approximate surface area is 119 Å². The van der Waals surface area contributed by atoms with Gasteiger partial charge in [0.1, 0.15) is 0 Å². The Hall–Kier alpha value is -2.70. The van der Waals surface area contributed by atoms with Gasteiger partial charge in [0.25, 0.3) is 5.95 Å². The molecule has 106 valence electrons. The number of anilines is 1. The number of allylic oxidation sites excluding steroid dienone is 2. The summed E-state index contributed by atoms with van der Waals surface area (Å²) >= 11 is 0. The van der Waals surface area contributed by atoms with Crippen LogP contribution in [0.15, 0.2) is 35.0 Å². The SMILES string of the molecule is O=C1[C@@H]2CC=CC[C@H]2C(=O)N1c1n[nH]c(-c2ccco2)n1. The van der Waals surface area contributed by atoms with Crippen LogP contribution in [-0.2, 0) is 9.59 Å². The van der Waals surface area contributed by atoms with E-state index in [4.69, 9.17) is 4.42 Å². The maximum Gasteiger partial charge on any atom is 0.258 e. The van der Waals surface area contributed by atoms with E-state index in [2.05, 4.69) is 15.2 Å². The summed E-state index contributed by atoms with van der Waals surface area (Å²) in [6, 6.07) is 3.45. The van der Waals surface area contributed by atoms with Crippen molar-refractivity contribution in [3.05, 3.63) is 30.5 Å². The molecular weight excluding hydrogens is 272 g/mol.